The molecule has 1 saturated heterocycles. The molecule has 8 nitrogen and oxygen atoms in total. The number of likely N-dealkylation sites (tertiary alicyclic amines) is 1. The number of hydrogen-bond donors (Lipinski definition) is 2. The number of carbonyl (C=O) groups is 3. The van der Waals surface area contributed by atoms with Gasteiger partial charge in [-0.15, -0.1) is 0 Å². The average Bonchev–Trinajstić information content (AvgIpc) is 2.84. The Morgan fingerprint density at radius 2 is 1.88 bits per heavy atom. The Balaban J connectivity index is 1.63. The Hall–Kier alpha value is -2.78. The van der Waals surface area contributed by atoms with Crippen LogP contribution in [0.15, 0.2) is 40.9 Å². The molecule has 1 aliphatic heterocycles. The molecule has 0 radical (unpaired) electrons. The third-order valence-electron chi connectivity index (χ3n) is 5.54. The third kappa shape index (κ3) is 6.64. The van der Waals surface area contributed by atoms with Crippen LogP contribution in [0.3, 0.4) is 0 Å². The Labute approximate surface area is 212 Å². The van der Waals surface area contributed by atoms with Gasteiger partial charge in [-0.25, -0.2) is 4.79 Å². The molecule has 3 amide bonds. The van der Waals surface area contributed by atoms with Crippen molar-refractivity contribution in [3.05, 3.63) is 57.0 Å². The van der Waals surface area contributed by atoms with Gasteiger partial charge in [-0.05, 0) is 55.7 Å². The van der Waals surface area contributed by atoms with Crippen LogP contribution < -0.4 is 15.4 Å². The number of rotatable bonds is 7. The van der Waals surface area contributed by atoms with Gasteiger partial charge in [-0.3, -0.25) is 9.59 Å². The number of halogens is 2. The summed E-state index contributed by atoms with van der Waals surface area (Å²) in [5.74, 6) is -0.193. The highest BCUT2D eigenvalue weighted by Gasteiger charge is 2.28. The molecule has 3 rings (SSSR count). The van der Waals surface area contributed by atoms with E-state index in [1.165, 1.54) is 7.11 Å². The quantitative estimate of drug-likeness (QED) is 0.479. The Morgan fingerprint density at radius 1 is 1.15 bits per heavy atom. The molecule has 1 aliphatic rings. The van der Waals surface area contributed by atoms with E-state index in [-0.39, 0.29) is 30.4 Å². The van der Waals surface area contributed by atoms with Crippen LogP contribution in [-0.2, 0) is 16.1 Å². The summed E-state index contributed by atoms with van der Waals surface area (Å²) >= 11 is 9.54. The second-order valence-corrected chi connectivity index (χ2v) is 9.11. The average molecular weight is 553 g/mol. The lowest BCUT2D eigenvalue weighted by molar-refractivity contribution is -0.149. The fraction of sp³-hybridized carbons (Fsp3) is 0.375. The Kier molecular flexibility index (Phi) is 9.18. The highest BCUT2D eigenvalue weighted by Crippen LogP contribution is 2.26. The number of ether oxygens (including phenoxy) is 2. The van der Waals surface area contributed by atoms with E-state index < -0.39 is 0 Å². The zero-order valence-corrected chi connectivity index (χ0v) is 21.4. The van der Waals surface area contributed by atoms with Gasteiger partial charge in [0, 0.05) is 24.1 Å². The third-order valence-corrected chi connectivity index (χ3v) is 6.33. The molecule has 0 atom stereocenters. The van der Waals surface area contributed by atoms with Gasteiger partial charge in [0.05, 0.1) is 35.9 Å². The van der Waals surface area contributed by atoms with Crippen LogP contribution in [0.1, 0.15) is 35.7 Å². The molecular formula is C24H27BrClN3O5. The zero-order valence-electron chi connectivity index (χ0n) is 19.0. The number of benzene rings is 2. The van der Waals surface area contributed by atoms with Crippen LogP contribution in [0.2, 0.25) is 5.02 Å². The minimum Gasteiger partial charge on any atom is -0.495 e. The number of esters is 1. The molecule has 0 aromatic heterocycles. The molecule has 0 bridgehead atoms. The van der Waals surface area contributed by atoms with Gasteiger partial charge in [-0.2, -0.15) is 0 Å². The monoisotopic (exact) mass is 551 g/mol. The van der Waals surface area contributed by atoms with Gasteiger partial charge in [0.1, 0.15) is 5.75 Å². The minimum absolute atomic E-state index is 0.190. The number of hydrogen-bond acceptors (Lipinski definition) is 5. The van der Waals surface area contributed by atoms with Crippen molar-refractivity contribution in [3.63, 3.8) is 0 Å². The van der Waals surface area contributed by atoms with E-state index in [1.807, 2.05) is 6.07 Å². The summed E-state index contributed by atoms with van der Waals surface area (Å²) in [5, 5.41) is 6.14. The predicted molar refractivity (Wildman–Crippen MR) is 133 cm³/mol. The second-order valence-electron chi connectivity index (χ2n) is 7.79. The van der Waals surface area contributed by atoms with Crippen molar-refractivity contribution >= 4 is 51.1 Å². The Bertz CT molecular complexity index is 1060. The fourth-order valence-corrected chi connectivity index (χ4v) is 4.32. The first-order valence-electron chi connectivity index (χ1n) is 10.9. The number of urea groups is 1. The van der Waals surface area contributed by atoms with Crippen LogP contribution in [0.25, 0.3) is 0 Å². The molecule has 10 heteroatoms. The van der Waals surface area contributed by atoms with Crippen LogP contribution in [0.4, 0.5) is 10.5 Å². The van der Waals surface area contributed by atoms with Gasteiger partial charge in [0.25, 0.3) is 5.91 Å². The molecule has 0 saturated carbocycles. The first-order valence-corrected chi connectivity index (χ1v) is 12.1. The maximum Gasteiger partial charge on any atom is 0.321 e. The highest BCUT2D eigenvalue weighted by atomic mass is 79.9. The van der Waals surface area contributed by atoms with Crippen LogP contribution in [0, 0.1) is 5.92 Å². The normalized spacial score (nSPS) is 13.8. The first kappa shape index (κ1) is 25.8. The molecule has 2 aromatic carbocycles. The van der Waals surface area contributed by atoms with Crippen molar-refractivity contribution in [2.24, 2.45) is 5.92 Å². The molecule has 0 spiro atoms. The van der Waals surface area contributed by atoms with Gasteiger partial charge in [0.2, 0.25) is 0 Å². The molecule has 2 N–H and O–H groups in total. The van der Waals surface area contributed by atoms with Gasteiger partial charge in [0.15, 0.2) is 0 Å². The number of anilines is 1. The lowest BCUT2D eigenvalue weighted by Crippen LogP contribution is -2.43. The van der Waals surface area contributed by atoms with Crippen molar-refractivity contribution in [2.75, 3.05) is 32.1 Å². The van der Waals surface area contributed by atoms with Crippen LogP contribution in [-0.4, -0.2) is 49.6 Å². The summed E-state index contributed by atoms with van der Waals surface area (Å²) in [6.07, 6.45) is 1.09. The van der Waals surface area contributed by atoms with E-state index in [2.05, 4.69) is 26.6 Å². The number of nitrogens with zero attached hydrogens (tertiary/aromatic N) is 1. The molecule has 182 valence electrons. The fourth-order valence-electron chi connectivity index (χ4n) is 3.68. The Morgan fingerprint density at radius 3 is 2.53 bits per heavy atom. The number of methoxy groups -OCH3 is 1. The predicted octanol–water partition coefficient (Wildman–Crippen LogP) is 4.85. The van der Waals surface area contributed by atoms with Gasteiger partial charge < -0.3 is 25.0 Å². The number of amides is 3. The van der Waals surface area contributed by atoms with E-state index in [4.69, 9.17) is 21.1 Å². The van der Waals surface area contributed by atoms with E-state index in [9.17, 15) is 14.4 Å². The summed E-state index contributed by atoms with van der Waals surface area (Å²) in [5.41, 5.74) is 1.53. The number of nitrogens with one attached hydrogen (secondary N) is 2. The lowest BCUT2D eigenvalue weighted by Gasteiger charge is -2.31. The van der Waals surface area contributed by atoms with Crippen molar-refractivity contribution in [3.8, 4) is 5.75 Å². The van der Waals surface area contributed by atoms with E-state index in [1.54, 1.807) is 42.2 Å². The maximum absolute atomic E-state index is 12.9. The number of carbonyl (C=O) groups excluding carboxylic acids is 3. The van der Waals surface area contributed by atoms with Crippen LogP contribution in [0.5, 0.6) is 5.75 Å². The standard InChI is InChI=1S/C24H27BrClN3O5/c1-3-34-23(31)16-8-10-29(11-9-16)24(32)28-20-6-5-17(25)13-18(20)22(30)27-14-15-4-7-21(33-2)19(26)12-15/h4-7,12-13,16H,3,8-11,14H2,1-2H3,(H,27,30)(H,28,32). The second kappa shape index (κ2) is 12.1. The van der Waals surface area contributed by atoms with Crippen molar-refractivity contribution in [1.82, 2.24) is 10.2 Å². The summed E-state index contributed by atoms with van der Waals surface area (Å²) in [7, 11) is 1.54. The summed E-state index contributed by atoms with van der Waals surface area (Å²) in [6, 6.07) is 10.0. The number of piperidine rings is 1. The van der Waals surface area contributed by atoms with E-state index >= 15 is 0 Å². The lowest BCUT2D eigenvalue weighted by atomic mass is 9.97. The molecule has 1 fully saturated rings. The first-order chi connectivity index (χ1) is 16.3. The van der Waals surface area contributed by atoms with Gasteiger partial charge in [-0.1, -0.05) is 33.6 Å². The molecule has 34 heavy (non-hydrogen) atoms. The molecular weight excluding hydrogens is 526 g/mol. The van der Waals surface area contributed by atoms with Gasteiger partial charge >= 0.3 is 12.0 Å². The topological polar surface area (TPSA) is 97.0 Å². The smallest absolute Gasteiger partial charge is 0.321 e. The zero-order chi connectivity index (χ0) is 24.7. The van der Waals surface area contributed by atoms with Crippen molar-refractivity contribution in [1.29, 1.82) is 0 Å². The van der Waals surface area contributed by atoms with Crippen molar-refractivity contribution < 1.29 is 23.9 Å². The summed E-state index contributed by atoms with van der Waals surface area (Å²) < 4.78 is 10.9. The maximum atomic E-state index is 12.9. The summed E-state index contributed by atoms with van der Waals surface area (Å²) in [6.45, 7) is 3.25. The molecule has 0 aliphatic carbocycles. The highest BCUT2D eigenvalue weighted by molar-refractivity contribution is 9.10. The molecule has 1 heterocycles. The molecule has 2 aromatic rings. The van der Waals surface area contributed by atoms with Crippen LogP contribution >= 0.6 is 27.5 Å². The largest absolute Gasteiger partial charge is 0.495 e. The SMILES string of the molecule is CCOC(=O)C1CCN(C(=O)Nc2ccc(Br)cc2C(=O)NCc2ccc(OC)c(Cl)c2)CC1. The minimum atomic E-state index is -0.343. The van der Waals surface area contributed by atoms with E-state index in [0.29, 0.717) is 59.0 Å². The molecule has 0 unspecified atom stereocenters. The van der Waals surface area contributed by atoms with Crippen molar-refractivity contribution in [2.45, 2.75) is 26.3 Å². The van der Waals surface area contributed by atoms with E-state index in [0.717, 1.165) is 5.56 Å². The summed E-state index contributed by atoms with van der Waals surface area (Å²) in [4.78, 5) is 39.3.